The van der Waals surface area contributed by atoms with E-state index in [1.54, 1.807) is 10.7 Å². The Morgan fingerprint density at radius 1 is 1.45 bits per heavy atom. The lowest BCUT2D eigenvalue weighted by Gasteiger charge is -2.03. The molecule has 6 nitrogen and oxygen atoms in total. The molecule has 0 atom stereocenters. The fourth-order valence-corrected chi connectivity index (χ4v) is 2.36. The molecule has 0 bridgehead atoms. The molecule has 0 spiro atoms. The first-order valence-corrected chi connectivity index (χ1v) is 7.30. The minimum Gasteiger partial charge on any atom is -0.258 e. The fourth-order valence-electron chi connectivity index (χ4n) is 1.73. The average Bonchev–Trinajstić information content (AvgIpc) is 2.86. The van der Waals surface area contributed by atoms with Crippen LogP contribution < -0.4 is 0 Å². The van der Waals surface area contributed by atoms with E-state index >= 15 is 0 Å². The summed E-state index contributed by atoms with van der Waals surface area (Å²) < 4.78 is 2.39. The van der Waals surface area contributed by atoms with Gasteiger partial charge in [-0.2, -0.15) is 0 Å². The molecule has 0 aliphatic heterocycles. The van der Waals surface area contributed by atoms with E-state index in [1.807, 2.05) is 6.20 Å². The van der Waals surface area contributed by atoms with Crippen LogP contribution in [0.25, 0.3) is 0 Å². The lowest BCUT2D eigenvalue weighted by atomic mass is 10.2. The minimum atomic E-state index is -0.422. The maximum atomic E-state index is 10.7. The predicted molar refractivity (Wildman–Crippen MR) is 79.0 cm³/mol. The Bertz CT molecular complexity index is 617. The molecular formula is C12H12BrClN4O2. The molecule has 20 heavy (non-hydrogen) atoms. The summed E-state index contributed by atoms with van der Waals surface area (Å²) in [5, 5.41) is 18.8. The van der Waals surface area contributed by atoms with Gasteiger partial charge in [0.15, 0.2) is 0 Å². The highest BCUT2D eigenvalue weighted by molar-refractivity contribution is 9.10. The van der Waals surface area contributed by atoms with Crippen LogP contribution in [0, 0.1) is 10.1 Å². The van der Waals surface area contributed by atoms with Gasteiger partial charge in [-0.15, -0.1) is 16.7 Å². The van der Waals surface area contributed by atoms with Crippen LogP contribution in [0.1, 0.15) is 17.7 Å². The minimum absolute atomic E-state index is 0.0574. The summed E-state index contributed by atoms with van der Waals surface area (Å²) in [6.45, 7) is 0.506. The predicted octanol–water partition coefficient (Wildman–Crippen LogP) is 3.17. The van der Waals surface area contributed by atoms with Crippen LogP contribution in [0.15, 0.2) is 28.9 Å². The Morgan fingerprint density at radius 2 is 2.25 bits per heavy atom. The molecular weight excluding hydrogens is 348 g/mol. The van der Waals surface area contributed by atoms with E-state index in [0.29, 0.717) is 16.9 Å². The molecule has 1 heterocycles. The number of hydrogen-bond acceptors (Lipinski definition) is 4. The Labute approximate surface area is 129 Å². The quantitative estimate of drug-likeness (QED) is 0.451. The van der Waals surface area contributed by atoms with E-state index in [4.69, 9.17) is 11.6 Å². The molecule has 0 aliphatic carbocycles. The van der Waals surface area contributed by atoms with E-state index in [1.165, 1.54) is 12.1 Å². The van der Waals surface area contributed by atoms with Crippen molar-refractivity contribution >= 4 is 33.2 Å². The summed E-state index contributed by atoms with van der Waals surface area (Å²) in [6.07, 6.45) is 3.52. The third-order valence-electron chi connectivity index (χ3n) is 2.73. The van der Waals surface area contributed by atoms with E-state index < -0.39 is 4.92 Å². The second kappa shape index (κ2) is 6.81. The summed E-state index contributed by atoms with van der Waals surface area (Å²) in [6, 6.07) is 4.68. The smallest absolute Gasteiger partial charge is 0.258 e. The second-order valence-electron chi connectivity index (χ2n) is 4.23. The molecule has 0 amide bonds. The average molecular weight is 360 g/mol. The number of hydrogen-bond donors (Lipinski definition) is 0. The number of rotatable bonds is 6. The summed E-state index contributed by atoms with van der Waals surface area (Å²) in [5.74, 6) is 0.598. The Balaban J connectivity index is 2.09. The van der Waals surface area contributed by atoms with Crippen molar-refractivity contribution in [2.75, 3.05) is 5.88 Å². The van der Waals surface area contributed by atoms with Gasteiger partial charge in [-0.25, -0.2) is 4.68 Å². The molecule has 106 valence electrons. The largest absolute Gasteiger partial charge is 0.270 e. The molecule has 1 aromatic heterocycles. The molecule has 2 rings (SSSR count). The van der Waals surface area contributed by atoms with Gasteiger partial charge in [0.05, 0.1) is 17.2 Å². The Hall–Kier alpha value is -1.47. The van der Waals surface area contributed by atoms with Crippen molar-refractivity contribution in [3.63, 3.8) is 0 Å². The molecule has 0 radical (unpaired) electrons. The van der Waals surface area contributed by atoms with Crippen LogP contribution in [0.3, 0.4) is 0 Å². The zero-order valence-corrected chi connectivity index (χ0v) is 12.8. The van der Waals surface area contributed by atoms with Crippen molar-refractivity contribution < 1.29 is 4.92 Å². The van der Waals surface area contributed by atoms with E-state index in [0.717, 1.165) is 24.1 Å². The summed E-state index contributed by atoms with van der Waals surface area (Å²) in [5.41, 5.74) is 1.86. The molecule has 0 saturated heterocycles. The third-order valence-corrected chi connectivity index (χ3v) is 3.74. The van der Waals surface area contributed by atoms with E-state index in [2.05, 4.69) is 26.2 Å². The second-order valence-corrected chi connectivity index (χ2v) is 5.47. The Kier molecular flexibility index (Phi) is 5.08. The molecule has 0 unspecified atom stereocenters. The number of halogens is 2. The van der Waals surface area contributed by atoms with E-state index in [9.17, 15) is 10.1 Å². The first kappa shape index (κ1) is 14.9. The number of nitro groups is 1. The van der Waals surface area contributed by atoms with Gasteiger partial charge in [-0.1, -0.05) is 21.1 Å². The number of aryl methyl sites for hydroxylation is 1. The normalized spacial score (nSPS) is 10.7. The highest BCUT2D eigenvalue weighted by Gasteiger charge is 2.10. The van der Waals surface area contributed by atoms with Crippen molar-refractivity contribution in [1.29, 1.82) is 0 Å². The maximum Gasteiger partial charge on any atom is 0.270 e. The SMILES string of the molecule is O=[N+]([O-])c1ccc(Cn2cc(CCCCl)nn2)c(Br)c1. The first-order valence-electron chi connectivity index (χ1n) is 5.98. The number of nitrogens with zero attached hydrogens (tertiary/aromatic N) is 4. The molecule has 0 fully saturated rings. The van der Waals surface area contributed by atoms with Crippen molar-refractivity contribution in [3.05, 3.63) is 50.2 Å². The maximum absolute atomic E-state index is 10.7. The standard InChI is InChI=1S/C12H12BrClN4O2/c13-12-6-11(18(19)20)4-3-9(12)7-17-8-10(15-16-17)2-1-5-14/h3-4,6,8H,1-2,5,7H2. The van der Waals surface area contributed by atoms with Crippen LogP contribution in [0.4, 0.5) is 5.69 Å². The van der Waals surface area contributed by atoms with Crippen LogP contribution in [0.2, 0.25) is 0 Å². The van der Waals surface area contributed by atoms with Gasteiger partial charge in [0.25, 0.3) is 5.69 Å². The van der Waals surface area contributed by atoms with Crippen molar-refractivity contribution in [2.24, 2.45) is 0 Å². The van der Waals surface area contributed by atoms with Gasteiger partial charge >= 0.3 is 0 Å². The molecule has 0 N–H and O–H groups in total. The lowest BCUT2D eigenvalue weighted by Crippen LogP contribution is -2.01. The van der Waals surface area contributed by atoms with Crippen molar-refractivity contribution in [2.45, 2.75) is 19.4 Å². The van der Waals surface area contributed by atoms with Gasteiger partial charge in [0.2, 0.25) is 0 Å². The number of benzene rings is 1. The van der Waals surface area contributed by atoms with Crippen LogP contribution >= 0.6 is 27.5 Å². The first-order chi connectivity index (χ1) is 9.60. The highest BCUT2D eigenvalue weighted by atomic mass is 79.9. The van der Waals surface area contributed by atoms with Gasteiger partial charge in [0, 0.05) is 28.7 Å². The molecule has 8 heteroatoms. The number of non-ortho nitro benzene ring substituents is 1. The highest BCUT2D eigenvalue weighted by Crippen LogP contribution is 2.23. The van der Waals surface area contributed by atoms with Crippen LogP contribution in [-0.2, 0) is 13.0 Å². The molecule has 0 saturated carbocycles. The van der Waals surface area contributed by atoms with Crippen molar-refractivity contribution in [3.8, 4) is 0 Å². The molecule has 1 aromatic carbocycles. The lowest BCUT2D eigenvalue weighted by molar-refractivity contribution is -0.384. The van der Waals surface area contributed by atoms with Gasteiger partial charge in [-0.3, -0.25) is 10.1 Å². The van der Waals surface area contributed by atoms with Crippen LogP contribution in [0.5, 0.6) is 0 Å². The molecule has 2 aromatic rings. The van der Waals surface area contributed by atoms with Gasteiger partial charge in [-0.05, 0) is 24.5 Å². The Morgan fingerprint density at radius 3 is 2.90 bits per heavy atom. The zero-order chi connectivity index (χ0) is 14.5. The van der Waals surface area contributed by atoms with E-state index in [-0.39, 0.29) is 5.69 Å². The van der Waals surface area contributed by atoms with Gasteiger partial charge in [0.1, 0.15) is 0 Å². The number of nitro benzene ring substituents is 1. The number of aromatic nitrogens is 3. The number of alkyl halides is 1. The topological polar surface area (TPSA) is 73.8 Å². The van der Waals surface area contributed by atoms with Crippen molar-refractivity contribution in [1.82, 2.24) is 15.0 Å². The summed E-state index contributed by atoms with van der Waals surface area (Å²) in [7, 11) is 0. The third kappa shape index (κ3) is 3.77. The zero-order valence-electron chi connectivity index (χ0n) is 10.5. The monoisotopic (exact) mass is 358 g/mol. The van der Waals surface area contributed by atoms with Gasteiger partial charge < -0.3 is 0 Å². The summed E-state index contributed by atoms with van der Waals surface area (Å²) >= 11 is 8.97. The fraction of sp³-hybridized carbons (Fsp3) is 0.333. The molecule has 0 aliphatic rings. The summed E-state index contributed by atoms with van der Waals surface area (Å²) in [4.78, 5) is 10.3. The van der Waals surface area contributed by atoms with Crippen LogP contribution in [-0.4, -0.2) is 25.8 Å².